The van der Waals surface area contributed by atoms with Gasteiger partial charge in [-0.1, -0.05) is 0 Å². The van der Waals surface area contributed by atoms with E-state index in [9.17, 15) is 14.6 Å². The van der Waals surface area contributed by atoms with Gasteiger partial charge < -0.3 is 10.5 Å². The zero-order valence-electron chi connectivity index (χ0n) is 11.8. The Morgan fingerprint density at radius 2 is 2.36 bits per heavy atom. The summed E-state index contributed by atoms with van der Waals surface area (Å²) in [5.41, 5.74) is 5.58. The van der Waals surface area contributed by atoms with Crippen molar-refractivity contribution in [2.24, 2.45) is 5.73 Å². The molecule has 1 aromatic heterocycles. The molecule has 122 valence electrons. The van der Waals surface area contributed by atoms with E-state index in [1.807, 2.05) is 0 Å². The highest BCUT2D eigenvalue weighted by Crippen LogP contribution is 2.51. The molecule has 1 aliphatic rings. The van der Waals surface area contributed by atoms with Crippen molar-refractivity contribution >= 4 is 25.7 Å². The molecule has 0 aliphatic carbocycles. The molecule has 10 heteroatoms. The van der Waals surface area contributed by atoms with Crippen LogP contribution in [0.4, 0.5) is 0 Å². The van der Waals surface area contributed by atoms with Crippen LogP contribution in [0.2, 0.25) is 0 Å². The van der Waals surface area contributed by atoms with E-state index in [0.29, 0.717) is 12.0 Å². The highest BCUT2D eigenvalue weighted by molar-refractivity contribution is 7.54. The van der Waals surface area contributed by atoms with E-state index in [4.69, 9.17) is 26.6 Å². The van der Waals surface area contributed by atoms with Crippen LogP contribution in [0, 0.1) is 0 Å². The summed E-state index contributed by atoms with van der Waals surface area (Å²) >= 11 is 6.26. The van der Waals surface area contributed by atoms with Gasteiger partial charge in [0.1, 0.15) is 17.5 Å². The molecule has 8 nitrogen and oxygen atoms in total. The van der Waals surface area contributed by atoms with Crippen molar-refractivity contribution in [3.63, 3.8) is 0 Å². The Morgan fingerprint density at radius 3 is 3.00 bits per heavy atom. The van der Waals surface area contributed by atoms with Crippen molar-refractivity contribution in [1.29, 1.82) is 0 Å². The number of aromatic nitrogens is 1. The van der Waals surface area contributed by atoms with Gasteiger partial charge in [0.15, 0.2) is 12.4 Å². The van der Waals surface area contributed by atoms with Crippen LogP contribution in [0.3, 0.4) is 0 Å². The SMILES string of the molecule is CO[P+](O)(O)OCC1CC(Cl)C([n+]2cccc(C(N)=O)c2)O1. The van der Waals surface area contributed by atoms with Gasteiger partial charge >= 0.3 is 8.17 Å². The lowest BCUT2D eigenvalue weighted by atomic mass is 10.2. The summed E-state index contributed by atoms with van der Waals surface area (Å²) in [6.45, 7) is -0.0651. The van der Waals surface area contributed by atoms with Gasteiger partial charge in [-0.3, -0.25) is 4.79 Å². The molecule has 1 aliphatic heterocycles. The van der Waals surface area contributed by atoms with E-state index in [1.165, 1.54) is 0 Å². The Bertz CT molecular complexity index is 546. The van der Waals surface area contributed by atoms with Crippen molar-refractivity contribution in [1.82, 2.24) is 0 Å². The minimum atomic E-state index is -3.80. The Morgan fingerprint density at radius 1 is 1.64 bits per heavy atom. The van der Waals surface area contributed by atoms with Crippen molar-refractivity contribution in [3.05, 3.63) is 30.1 Å². The molecule has 4 N–H and O–H groups in total. The van der Waals surface area contributed by atoms with Crippen LogP contribution >= 0.6 is 19.8 Å². The maximum atomic E-state index is 11.2. The number of hydrogen-bond acceptors (Lipinski definition) is 6. The molecule has 3 unspecified atom stereocenters. The van der Waals surface area contributed by atoms with E-state index in [-0.39, 0.29) is 12.0 Å². The van der Waals surface area contributed by atoms with Crippen molar-refractivity contribution in [2.75, 3.05) is 13.7 Å². The molecule has 2 rings (SSSR count). The normalized spacial score (nSPS) is 25.4. The molecule has 0 saturated carbocycles. The van der Waals surface area contributed by atoms with Gasteiger partial charge in [-0.25, -0.2) is 0 Å². The van der Waals surface area contributed by atoms with E-state index < -0.39 is 26.4 Å². The maximum absolute atomic E-state index is 11.2. The third-order valence-corrected chi connectivity index (χ3v) is 4.55. The summed E-state index contributed by atoms with van der Waals surface area (Å²) < 4.78 is 16.7. The second-order valence-electron chi connectivity index (χ2n) is 4.77. The number of nitrogens with two attached hydrogens (primary N) is 1. The van der Waals surface area contributed by atoms with Gasteiger partial charge in [-0.05, 0) is 6.07 Å². The predicted molar refractivity (Wildman–Crippen MR) is 77.6 cm³/mol. The highest BCUT2D eigenvalue weighted by Gasteiger charge is 2.44. The fourth-order valence-electron chi connectivity index (χ4n) is 2.10. The van der Waals surface area contributed by atoms with Crippen LogP contribution in [-0.4, -0.2) is 40.9 Å². The van der Waals surface area contributed by atoms with Crippen LogP contribution in [-0.2, 0) is 13.8 Å². The zero-order chi connectivity index (χ0) is 16.3. The molecule has 22 heavy (non-hydrogen) atoms. The number of primary amides is 1. The summed E-state index contributed by atoms with van der Waals surface area (Å²) in [6.07, 6.45) is 2.77. The maximum Gasteiger partial charge on any atom is 0.569 e. The minimum absolute atomic E-state index is 0.0651. The smallest absolute Gasteiger partial charge is 0.365 e. The average Bonchev–Trinajstić information content (AvgIpc) is 2.86. The number of hydrogen-bond donors (Lipinski definition) is 3. The number of carbonyl (C=O) groups excluding carboxylic acids is 1. The minimum Gasteiger partial charge on any atom is -0.365 e. The Hall–Kier alpha value is -0.860. The van der Waals surface area contributed by atoms with Crippen LogP contribution in [0.5, 0.6) is 0 Å². The molecule has 3 atom stereocenters. The molecule has 0 spiro atoms. The van der Waals surface area contributed by atoms with Gasteiger partial charge in [0, 0.05) is 12.5 Å². The summed E-state index contributed by atoms with van der Waals surface area (Å²) in [5, 5.41) is -0.366. The predicted octanol–water partition coefficient (Wildman–Crippen LogP) is 0.293. The Kier molecular flexibility index (Phi) is 5.68. The lowest BCUT2D eigenvalue weighted by Crippen LogP contribution is -2.43. The lowest BCUT2D eigenvalue weighted by Gasteiger charge is -2.11. The summed E-state index contributed by atoms with van der Waals surface area (Å²) in [5.74, 6) is -0.548. The van der Waals surface area contributed by atoms with E-state index in [2.05, 4.69) is 4.52 Å². The Labute approximate surface area is 133 Å². The van der Waals surface area contributed by atoms with Crippen LogP contribution in [0.25, 0.3) is 0 Å². The quantitative estimate of drug-likeness (QED) is 0.385. The van der Waals surface area contributed by atoms with Gasteiger partial charge in [-0.2, -0.15) is 23.4 Å². The fraction of sp³-hybridized carbons (Fsp3) is 0.500. The summed E-state index contributed by atoms with van der Waals surface area (Å²) in [6, 6.07) is 3.26. The first-order valence-corrected chi connectivity index (χ1v) is 8.44. The first kappa shape index (κ1) is 17.5. The third-order valence-electron chi connectivity index (χ3n) is 3.20. The van der Waals surface area contributed by atoms with Gasteiger partial charge in [-0.15, -0.1) is 11.6 Å². The van der Waals surface area contributed by atoms with Gasteiger partial charge in [0.05, 0.1) is 13.2 Å². The second-order valence-corrected chi connectivity index (χ2v) is 6.94. The van der Waals surface area contributed by atoms with Gasteiger partial charge in [0.25, 0.3) is 12.1 Å². The van der Waals surface area contributed by atoms with E-state index >= 15 is 0 Å². The topological polar surface area (TPSA) is 115 Å². The number of carbonyl (C=O) groups is 1. The standard InChI is InChI=1S/C12H17ClN2O6P/c1-19-22(17,18)20-7-9-5-10(13)12(21-9)15-4-2-3-8(6-15)11(14)16/h2-4,6,9-10,12,17-18H,5,7H2,1H3,(H-,14,16)/q+1/p+1. The monoisotopic (exact) mass is 352 g/mol. The number of halogens is 1. The third kappa shape index (κ3) is 4.33. The molecule has 0 aromatic carbocycles. The van der Waals surface area contributed by atoms with Crippen molar-refractivity contribution in [3.8, 4) is 0 Å². The number of amides is 1. The van der Waals surface area contributed by atoms with Gasteiger partial charge in [0.2, 0.25) is 0 Å². The molecule has 1 saturated heterocycles. The summed E-state index contributed by atoms with van der Waals surface area (Å²) in [7, 11) is -2.66. The average molecular weight is 353 g/mol. The van der Waals surface area contributed by atoms with Crippen LogP contribution in [0.1, 0.15) is 23.0 Å². The first-order valence-electron chi connectivity index (χ1n) is 6.47. The zero-order valence-corrected chi connectivity index (χ0v) is 13.5. The number of ether oxygens (including phenoxy) is 1. The molecular formula is C12H18ClN2O6P+2. The fourth-order valence-corrected chi connectivity index (χ4v) is 2.95. The lowest BCUT2D eigenvalue weighted by molar-refractivity contribution is -0.758. The molecule has 1 amide bonds. The second kappa shape index (κ2) is 7.14. The van der Waals surface area contributed by atoms with Crippen molar-refractivity contribution < 1.29 is 32.9 Å². The number of rotatable bonds is 6. The Balaban J connectivity index is 2.02. The molecule has 2 heterocycles. The molecule has 1 fully saturated rings. The largest absolute Gasteiger partial charge is 0.569 e. The number of nitrogens with zero attached hydrogens (tertiary/aromatic N) is 1. The van der Waals surface area contributed by atoms with Crippen LogP contribution in [0.15, 0.2) is 24.5 Å². The number of alkyl halides is 1. The van der Waals surface area contributed by atoms with Crippen LogP contribution < -0.4 is 10.3 Å². The van der Waals surface area contributed by atoms with E-state index in [1.54, 1.807) is 29.1 Å². The molecule has 1 aromatic rings. The van der Waals surface area contributed by atoms with Crippen molar-refractivity contribution in [2.45, 2.75) is 24.1 Å². The molecular weight excluding hydrogens is 335 g/mol. The first-order chi connectivity index (χ1) is 10.3. The summed E-state index contributed by atoms with van der Waals surface area (Å²) in [4.78, 5) is 29.8. The molecule has 0 radical (unpaired) electrons. The number of pyridine rings is 1. The molecule has 0 bridgehead atoms. The van der Waals surface area contributed by atoms with E-state index in [0.717, 1.165) is 7.11 Å². The highest BCUT2D eigenvalue weighted by atomic mass is 35.5.